The van der Waals surface area contributed by atoms with Gasteiger partial charge in [-0.1, -0.05) is 35.9 Å². The standard InChI is InChI=1S/C12H12ClNO2/c1-8(7-15)16-11-6-14-12(13)10-5-3-2-4-9(10)11/h2-6,8,15H,7H2,1H3/t8-/m0/s1. The second kappa shape index (κ2) is 4.68. The molecule has 0 aliphatic rings. The van der Waals surface area contributed by atoms with Crippen LogP contribution >= 0.6 is 11.6 Å². The predicted molar refractivity (Wildman–Crippen MR) is 63.9 cm³/mol. The Hall–Kier alpha value is -1.32. The number of rotatable bonds is 3. The molecule has 0 spiro atoms. The zero-order valence-corrected chi connectivity index (χ0v) is 9.61. The van der Waals surface area contributed by atoms with E-state index in [1.54, 1.807) is 13.1 Å². The number of hydrogen-bond donors (Lipinski definition) is 1. The number of aromatic nitrogens is 1. The van der Waals surface area contributed by atoms with Crippen LogP contribution in [-0.2, 0) is 0 Å². The molecular weight excluding hydrogens is 226 g/mol. The van der Waals surface area contributed by atoms with Crippen molar-refractivity contribution >= 4 is 22.4 Å². The van der Waals surface area contributed by atoms with Gasteiger partial charge in [0.15, 0.2) is 0 Å². The van der Waals surface area contributed by atoms with Crippen LogP contribution in [0.1, 0.15) is 6.92 Å². The summed E-state index contributed by atoms with van der Waals surface area (Å²) in [6.45, 7) is 1.76. The van der Waals surface area contributed by atoms with Crippen molar-refractivity contribution in [1.29, 1.82) is 0 Å². The predicted octanol–water partition coefficient (Wildman–Crippen LogP) is 2.65. The van der Waals surface area contributed by atoms with Gasteiger partial charge in [-0.05, 0) is 6.92 Å². The van der Waals surface area contributed by atoms with Crippen molar-refractivity contribution in [3.8, 4) is 5.75 Å². The monoisotopic (exact) mass is 237 g/mol. The van der Waals surface area contributed by atoms with Crippen LogP contribution in [0.5, 0.6) is 5.75 Å². The van der Waals surface area contributed by atoms with Crippen LogP contribution in [-0.4, -0.2) is 22.8 Å². The second-order valence-corrected chi connectivity index (χ2v) is 3.93. The molecule has 0 unspecified atom stereocenters. The van der Waals surface area contributed by atoms with Crippen LogP contribution in [0.2, 0.25) is 5.15 Å². The Labute approximate surface area is 98.6 Å². The van der Waals surface area contributed by atoms with E-state index in [4.69, 9.17) is 21.4 Å². The maximum absolute atomic E-state index is 8.95. The highest BCUT2D eigenvalue weighted by Gasteiger charge is 2.09. The minimum atomic E-state index is -0.258. The lowest BCUT2D eigenvalue weighted by Gasteiger charge is -2.13. The molecule has 1 aromatic carbocycles. The quantitative estimate of drug-likeness (QED) is 0.835. The van der Waals surface area contributed by atoms with Crippen molar-refractivity contribution < 1.29 is 9.84 Å². The Balaban J connectivity index is 2.50. The minimum Gasteiger partial charge on any atom is -0.486 e. The van der Waals surface area contributed by atoms with Gasteiger partial charge in [0.05, 0.1) is 12.8 Å². The number of pyridine rings is 1. The molecule has 0 aliphatic heterocycles. The number of aliphatic hydroxyl groups excluding tert-OH is 1. The van der Waals surface area contributed by atoms with Crippen LogP contribution in [0.4, 0.5) is 0 Å². The van der Waals surface area contributed by atoms with Crippen LogP contribution in [0.15, 0.2) is 30.5 Å². The molecule has 1 atom stereocenters. The van der Waals surface area contributed by atoms with Crippen molar-refractivity contribution in [3.63, 3.8) is 0 Å². The third-order valence-electron chi connectivity index (χ3n) is 2.30. The first-order valence-corrected chi connectivity index (χ1v) is 5.41. The number of hydrogen-bond acceptors (Lipinski definition) is 3. The molecular formula is C12H12ClNO2. The molecule has 0 saturated heterocycles. The van der Waals surface area contributed by atoms with E-state index < -0.39 is 0 Å². The van der Waals surface area contributed by atoms with Crippen molar-refractivity contribution in [2.24, 2.45) is 0 Å². The molecule has 0 radical (unpaired) electrons. The molecule has 0 saturated carbocycles. The molecule has 2 aromatic rings. The summed E-state index contributed by atoms with van der Waals surface area (Å²) in [5.74, 6) is 0.640. The highest BCUT2D eigenvalue weighted by atomic mass is 35.5. The lowest BCUT2D eigenvalue weighted by molar-refractivity contribution is 0.131. The van der Waals surface area contributed by atoms with Gasteiger partial charge in [-0.25, -0.2) is 4.98 Å². The number of fused-ring (bicyclic) bond motifs is 1. The van der Waals surface area contributed by atoms with Crippen molar-refractivity contribution in [2.75, 3.05) is 6.61 Å². The summed E-state index contributed by atoms with van der Waals surface area (Å²) >= 11 is 5.98. The molecule has 84 valence electrons. The van der Waals surface area contributed by atoms with Gasteiger partial charge in [0.1, 0.15) is 17.0 Å². The van der Waals surface area contributed by atoms with Crippen molar-refractivity contribution in [3.05, 3.63) is 35.6 Å². The van der Waals surface area contributed by atoms with Crippen molar-refractivity contribution in [1.82, 2.24) is 4.98 Å². The van der Waals surface area contributed by atoms with Gasteiger partial charge in [0.25, 0.3) is 0 Å². The fraction of sp³-hybridized carbons (Fsp3) is 0.250. The number of halogens is 1. The van der Waals surface area contributed by atoms with Crippen molar-refractivity contribution in [2.45, 2.75) is 13.0 Å². The summed E-state index contributed by atoms with van der Waals surface area (Å²) in [7, 11) is 0. The first-order valence-electron chi connectivity index (χ1n) is 5.03. The largest absolute Gasteiger partial charge is 0.486 e. The van der Waals surface area contributed by atoms with E-state index in [1.165, 1.54) is 0 Å². The summed E-state index contributed by atoms with van der Waals surface area (Å²) < 4.78 is 5.56. The Morgan fingerprint density at radius 2 is 2.06 bits per heavy atom. The molecule has 0 aliphatic carbocycles. The maximum atomic E-state index is 8.95. The van der Waals surface area contributed by atoms with Gasteiger partial charge in [0.2, 0.25) is 0 Å². The fourth-order valence-corrected chi connectivity index (χ4v) is 1.69. The molecule has 4 heteroatoms. The van der Waals surface area contributed by atoms with E-state index in [1.807, 2.05) is 24.3 Å². The van der Waals surface area contributed by atoms with E-state index in [0.717, 1.165) is 10.8 Å². The molecule has 1 aromatic heterocycles. The number of ether oxygens (including phenoxy) is 1. The topological polar surface area (TPSA) is 42.4 Å². The molecule has 16 heavy (non-hydrogen) atoms. The normalized spacial score (nSPS) is 12.7. The fourth-order valence-electron chi connectivity index (χ4n) is 1.48. The first kappa shape index (κ1) is 11.2. The lowest BCUT2D eigenvalue weighted by Crippen LogP contribution is -2.16. The zero-order chi connectivity index (χ0) is 11.5. The van der Waals surface area contributed by atoms with Gasteiger partial charge in [-0.15, -0.1) is 0 Å². The summed E-state index contributed by atoms with van der Waals surface area (Å²) in [6.07, 6.45) is 1.32. The SMILES string of the molecule is C[C@@H](CO)Oc1cnc(Cl)c2ccccc12. The average molecular weight is 238 g/mol. The molecule has 0 fully saturated rings. The highest BCUT2D eigenvalue weighted by molar-refractivity contribution is 6.34. The van der Waals surface area contributed by atoms with Crippen LogP contribution in [0.3, 0.4) is 0 Å². The molecule has 1 heterocycles. The Kier molecular flexibility index (Phi) is 3.27. The summed E-state index contributed by atoms with van der Waals surface area (Å²) in [4.78, 5) is 4.05. The number of nitrogens with zero attached hydrogens (tertiary/aromatic N) is 1. The van der Waals surface area contributed by atoms with E-state index in [9.17, 15) is 0 Å². The average Bonchev–Trinajstić information content (AvgIpc) is 2.33. The molecule has 2 rings (SSSR count). The molecule has 0 bridgehead atoms. The first-order chi connectivity index (χ1) is 7.72. The van der Waals surface area contributed by atoms with Gasteiger partial charge in [-0.2, -0.15) is 0 Å². The maximum Gasteiger partial charge on any atom is 0.146 e. The summed E-state index contributed by atoms with van der Waals surface area (Å²) in [5, 5.41) is 11.2. The van der Waals surface area contributed by atoms with Gasteiger partial charge < -0.3 is 9.84 Å². The van der Waals surface area contributed by atoms with E-state index >= 15 is 0 Å². The molecule has 1 N–H and O–H groups in total. The Morgan fingerprint density at radius 1 is 1.38 bits per heavy atom. The summed E-state index contributed by atoms with van der Waals surface area (Å²) in [6, 6.07) is 7.62. The van der Waals surface area contributed by atoms with E-state index in [2.05, 4.69) is 4.98 Å². The van der Waals surface area contributed by atoms with Crippen LogP contribution < -0.4 is 4.74 Å². The second-order valence-electron chi connectivity index (χ2n) is 3.57. The highest BCUT2D eigenvalue weighted by Crippen LogP contribution is 2.29. The summed E-state index contributed by atoms with van der Waals surface area (Å²) in [5.41, 5.74) is 0. The Morgan fingerprint density at radius 3 is 2.75 bits per heavy atom. The van der Waals surface area contributed by atoms with E-state index in [0.29, 0.717) is 10.9 Å². The molecule has 3 nitrogen and oxygen atoms in total. The molecule has 0 amide bonds. The lowest BCUT2D eigenvalue weighted by atomic mass is 10.1. The Bertz CT molecular complexity index is 501. The van der Waals surface area contributed by atoms with Gasteiger partial charge in [0, 0.05) is 10.8 Å². The van der Waals surface area contributed by atoms with Gasteiger partial charge >= 0.3 is 0 Å². The van der Waals surface area contributed by atoms with Gasteiger partial charge in [-0.3, -0.25) is 0 Å². The van der Waals surface area contributed by atoms with Crippen LogP contribution in [0.25, 0.3) is 10.8 Å². The third kappa shape index (κ3) is 2.10. The van der Waals surface area contributed by atoms with E-state index in [-0.39, 0.29) is 12.7 Å². The number of aliphatic hydroxyl groups is 1. The number of benzene rings is 1. The minimum absolute atomic E-state index is 0.0308. The third-order valence-corrected chi connectivity index (χ3v) is 2.60. The van der Waals surface area contributed by atoms with Crippen LogP contribution in [0, 0.1) is 0 Å². The smallest absolute Gasteiger partial charge is 0.146 e. The zero-order valence-electron chi connectivity index (χ0n) is 8.85.